The molecule has 0 saturated heterocycles. The number of rotatable bonds is 6. The molecule has 4 rings (SSSR count). The Morgan fingerprint density at radius 2 is 0.879 bits per heavy atom. The summed E-state index contributed by atoms with van der Waals surface area (Å²) in [4.78, 5) is 0. The largest absolute Gasteiger partial charge is 1.00 e. The predicted octanol–water partition coefficient (Wildman–Crippen LogP) is 0.239. The molecular weight excluding hydrogens is 576 g/mol. The molecule has 0 heterocycles. The smallest absolute Gasteiger partial charge is 0 e. The van der Waals surface area contributed by atoms with Crippen LogP contribution in [0.2, 0.25) is 0 Å². The van der Waals surface area contributed by atoms with Crippen molar-refractivity contribution in [3.8, 4) is 0 Å². The summed E-state index contributed by atoms with van der Waals surface area (Å²) in [6, 6.07) is 43.0. The van der Waals surface area contributed by atoms with E-state index in [9.17, 15) is 0 Å². The second-order valence-electron chi connectivity index (χ2n) is 7.16. The molecule has 4 aromatic carbocycles. The Morgan fingerprint density at radius 1 is 0.576 bits per heavy atom. The monoisotopic (exact) mass is 604 g/mol. The van der Waals surface area contributed by atoms with Gasteiger partial charge in [-0.2, -0.15) is 0 Å². The summed E-state index contributed by atoms with van der Waals surface area (Å²) in [6.07, 6.45) is 1.23. The van der Waals surface area contributed by atoms with Crippen LogP contribution < -0.4 is 46.0 Å². The number of hydrogen-bond donors (Lipinski definition) is 0. The average Bonchev–Trinajstić information content (AvgIpc) is 2.82. The third-order valence-corrected chi connectivity index (χ3v) is 9.14. The molecule has 0 spiro atoms. The first-order valence-corrected chi connectivity index (χ1v) is 13.0. The first-order chi connectivity index (χ1) is 14.8. The van der Waals surface area contributed by atoms with E-state index in [0.717, 1.165) is 14.2 Å². The van der Waals surface area contributed by atoms with Crippen molar-refractivity contribution in [2.75, 3.05) is 0 Å². The van der Waals surface area contributed by atoms with Crippen molar-refractivity contribution in [2.45, 2.75) is 25.9 Å². The molecule has 0 aliphatic heterocycles. The summed E-state index contributed by atoms with van der Waals surface area (Å²) < 4.78 is 0. The summed E-state index contributed by atoms with van der Waals surface area (Å²) in [5.74, 6) is 0. The summed E-state index contributed by atoms with van der Waals surface area (Å²) in [5, 5.41) is 5.77. The Bertz CT molecular complexity index is 895. The van der Waals surface area contributed by atoms with E-state index in [2.05, 4.69) is 135 Å². The van der Waals surface area contributed by atoms with Crippen molar-refractivity contribution < 1.29 is 45.2 Å². The second-order valence-corrected chi connectivity index (χ2v) is 11.2. The van der Waals surface area contributed by atoms with Crippen LogP contribution in [-0.4, -0.2) is 5.66 Å². The molecule has 1 atom stereocenters. The van der Waals surface area contributed by atoms with Gasteiger partial charge in [0, 0.05) is 20.4 Å². The van der Waals surface area contributed by atoms with Gasteiger partial charge in [-0.1, -0.05) is 144 Å². The molecule has 0 fully saturated rings. The fourth-order valence-corrected chi connectivity index (χ4v) is 6.95. The van der Waals surface area contributed by atoms with E-state index in [0.29, 0.717) is 0 Å². The van der Waals surface area contributed by atoms with Crippen LogP contribution in [0.1, 0.15) is 20.3 Å². The van der Waals surface area contributed by atoms with Gasteiger partial charge in [-0.05, 0) is 41.2 Å². The third kappa shape index (κ3) is 10.8. The summed E-state index contributed by atoms with van der Waals surface area (Å²) in [6.45, 7) is 4.65. The van der Waals surface area contributed by atoms with Gasteiger partial charge < -0.3 is 24.8 Å². The van der Waals surface area contributed by atoms with Crippen molar-refractivity contribution >= 4 is 37.7 Å². The maximum absolute atomic E-state index is 2.37. The van der Waals surface area contributed by atoms with E-state index in [1.807, 2.05) is 0 Å². The molecule has 1 unspecified atom stereocenters. The molecule has 5 heteroatoms. The molecule has 0 aromatic heterocycles. The normalized spacial score (nSPS) is 10.4. The van der Waals surface area contributed by atoms with Crippen molar-refractivity contribution in [2.24, 2.45) is 0 Å². The van der Waals surface area contributed by atoms with E-state index >= 15 is 0 Å². The topological polar surface area (TPSA) is 0 Å². The van der Waals surface area contributed by atoms with E-state index in [4.69, 9.17) is 0 Å². The minimum Gasteiger partial charge on any atom is -1.00 e. The quantitative estimate of drug-likeness (QED) is 0.218. The van der Waals surface area contributed by atoms with Crippen LogP contribution in [0.4, 0.5) is 0 Å². The molecule has 0 nitrogen and oxygen atoms in total. The standard InChI is InChI=1S/C16H19P.C12H11P.2ClH.Pd/c1-3-14(2)17(15-10-6-4-7-11-15)16-12-8-5-9-13-16;1-3-7-11(8-4-1)13-12-9-5-2-6-10-12;;;/h4-14H,3H2,1-2H3;1-10,13H;2*1H;/p-2. The van der Waals surface area contributed by atoms with Crippen molar-refractivity contribution in [3.63, 3.8) is 0 Å². The molecule has 178 valence electrons. The Hall–Kier alpha value is -1.02. The van der Waals surface area contributed by atoms with Crippen molar-refractivity contribution in [3.05, 3.63) is 121 Å². The number of halogens is 2. The molecule has 0 aliphatic rings. The molecule has 0 aliphatic carbocycles. The summed E-state index contributed by atoms with van der Waals surface area (Å²) in [5.41, 5.74) is 0.731. The Labute approximate surface area is 229 Å². The third-order valence-electron chi connectivity index (χ3n) is 4.94. The zero-order valence-electron chi connectivity index (χ0n) is 18.9. The van der Waals surface area contributed by atoms with Crippen LogP contribution in [0.5, 0.6) is 0 Å². The SMILES string of the molecule is CCC(C)P(c1ccccc1)c1ccccc1.[Cl-].[Cl-].[Pd].c1ccc(Pc2ccccc2)cc1. The zero-order valence-corrected chi connectivity index (χ0v) is 23.8. The van der Waals surface area contributed by atoms with Crippen LogP contribution in [0.15, 0.2) is 121 Å². The van der Waals surface area contributed by atoms with E-state index < -0.39 is 0 Å². The van der Waals surface area contributed by atoms with Crippen LogP contribution >= 0.6 is 16.5 Å². The molecule has 0 radical (unpaired) electrons. The van der Waals surface area contributed by atoms with Crippen LogP contribution in [-0.2, 0) is 20.4 Å². The predicted molar refractivity (Wildman–Crippen MR) is 139 cm³/mol. The van der Waals surface area contributed by atoms with Crippen LogP contribution in [0, 0.1) is 0 Å². The first-order valence-electron chi connectivity index (χ1n) is 10.5. The fraction of sp³-hybridized carbons (Fsp3) is 0.143. The summed E-state index contributed by atoms with van der Waals surface area (Å²) >= 11 is 0. The zero-order chi connectivity index (χ0) is 21.0. The molecular formula is C28H30Cl2P2Pd-2. The van der Waals surface area contributed by atoms with Crippen molar-refractivity contribution in [1.29, 1.82) is 0 Å². The van der Waals surface area contributed by atoms with Gasteiger partial charge in [-0.3, -0.25) is 0 Å². The van der Waals surface area contributed by atoms with Crippen LogP contribution in [0.25, 0.3) is 0 Å². The van der Waals surface area contributed by atoms with Gasteiger partial charge in [0.05, 0.1) is 0 Å². The van der Waals surface area contributed by atoms with Gasteiger partial charge in [0.15, 0.2) is 0 Å². The van der Waals surface area contributed by atoms with Gasteiger partial charge in [0.2, 0.25) is 0 Å². The van der Waals surface area contributed by atoms with Gasteiger partial charge in [0.1, 0.15) is 0 Å². The Morgan fingerprint density at radius 3 is 1.18 bits per heavy atom. The first kappa shape index (κ1) is 32.0. The Kier molecular flexibility index (Phi) is 17.8. The van der Waals surface area contributed by atoms with Gasteiger partial charge in [0.25, 0.3) is 0 Å². The minimum absolute atomic E-state index is 0. The maximum Gasteiger partial charge on any atom is 0 e. The van der Waals surface area contributed by atoms with E-state index in [-0.39, 0.29) is 53.2 Å². The van der Waals surface area contributed by atoms with E-state index in [1.165, 1.54) is 27.6 Å². The molecule has 4 aromatic rings. The van der Waals surface area contributed by atoms with Crippen LogP contribution in [0.3, 0.4) is 0 Å². The average molecular weight is 606 g/mol. The number of hydrogen-bond acceptors (Lipinski definition) is 0. The van der Waals surface area contributed by atoms with Crippen molar-refractivity contribution in [1.82, 2.24) is 0 Å². The molecule has 0 bridgehead atoms. The van der Waals surface area contributed by atoms with Gasteiger partial charge >= 0.3 is 0 Å². The molecule has 0 N–H and O–H groups in total. The second kappa shape index (κ2) is 18.3. The van der Waals surface area contributed by atoms with E-state index in [1.54, 1.807) is 0 Å². The minimum atomic E-state index is -0.212. The number of benzene rings is 4. The molecule has 0 saturated carbocycles. The molecule has 33 heavy (non-hydrogen) atoms. The molecule has 0 amide bonds. The maximum atomic E-state index is 2.37. The van der Waals surface area contributed by atoms with Gasteiger partial charge in [-0.25, -0.2) is 0 Å². The summed E-state index contributed by atoms with van der Waals surface area (Å²) in [7, 11) is 0.565. The fourth-order valence-electron chi connectivity index (χ4n) is 3.23. The Balaban J connectivity index is 0.000000584. The van der Waals surface area contributed by atoms with Gasteiger partial charge in [-0.15, -0.1) is 0 Å².